The van der Waals surface area contributed by atoms with Crippen molar-refractivity contribution in [3.05, 3.63) is 29.8 Å². The molecule has 0 aromatic heterocycles. The highest BCUT2D eigenvalue weighted by molar-refractivity contribution is 7.79. The zero-order valence-electron chi connectivity index (χ0n) is 22.9. The number of carbonyl (C=O) groups excluding carboxylic acids is 6. The second kappa shape index (κ2) is 18.9. The van der Waals surface area contributed by atoms with E-state index in [2.05, 4.69) is 28.6 Å². The number of ether oxygens (including phenoxy) is 1. The number of ketones is 1. The molecule has 1 atom stereocenters. The van der Waals surface area contributed by atoms with Crippen LogP contribution in [0, 0.1) is 5.92 Å². The number of aryl methyl sites for hydroxylation is 1. The van der Waals surface area contributed by atoms with Gasteiger partial charge >= 0.3 is 0 Å². The molecule has 0 saturated carbocycles. The van der Waals surface area contributed by atoms with E-state index in [0.717, 1.165) is 10.5 Å². The zero-order valence-corrected chi connectivity index (χ0v) is 23.8. The molecular weight excluding hydrogens is 524 g/mol. The van der Waals surface area contributed by atoms with E-state index in [-0.39, 0.29) is 86.8 Å². The van der Waals surface area contributed by atoms with E-state index in [9.17, 15) is 28.8 Å². The number of nitrogens with one attached hydrogen (secondary N) is 3. The van der Waals surface area contributed by atoms with Crippen molar-refractivity contribution in [3.63, 3.8) is 0 Å². The number of anilines is 1. The molecule has 0 radical (unpaired) electrons. The van der Waals surface area contributed by atoms with E-state index in [4.69, 9.17) is 4.74 Å². The first-order chi connectivity index (χ1) is 18.7. The van der Waals surface area contributed by atoms with Crippen molar-refractivity contribution in [1.82, 2.24) is 15.5 Å². The highest BCUT2D eigenvalue weighted by Crippen LogP contribution is 2.18. The van der Waals surface area contributed by atoms with Gasteiger partial charge in [0.25, 0.3) is 0 Å². The van der Waals surface area contributed by atoms with Crippen molar-refractivity contribution in [2.24, 2.45) is 5.92 Å². The molecule has 216 valence electrons. The van der Waals surface area contributed by atoms with Crippen molar-refractivity contribution in [2.75, 3.05) is 44.4 Å². The van der Waals surface area contributed by atoms with Gasteiger partial charge in [-0.2, -0.15) is 12.6 Å². The number of nitrogens with zero attached hydrogens (tertiary/aromatic N) is 1. The third-order valence-corrected chi connectivity index (χ3v) is 5.75. The smallest absolute Gasteiger partial charge is 0.232 e. The average molecular weight is 565 g/mol. The van der Waals surface area contributed by atoms with Gasteiger partial charge in [-0.25, -0.2) is 0 Å². The number of likely N-dealkylation sites (tertiary alicyclic amines) is 1. The van der Waals surface area contributed by atoms with Crippen LogP contribution >= 0.6 is 12.6 Å². The first kappa shape index (κ1) is 33.8. The second-order valence-electron chi connectivity index (χ2n) is 9.00. The van der Waals surface area contributed by atoms with Crippen molar-refractivity contribution in [3.8, 4) is 0 Å². The van der Waals surface area contributed by atoms with Crippen LogP contribution in [0.5, 0.6) is 0 Å². The molecule has 3 N–H and O–H groups in total. The molecule has 1 aliphatic rings. The van der Waals surface area contributed by atoms with Crippen LogP contribution in [0.4, 0.5) is 5.69 Å². The molecule has 2 rings (SSSR count). The van der Waals surface area contributed by atoms with Crippen molar-refractivity contribution >= 4 is 53.6 Å². The van der Waals surface area contributed by atoms with Gasteiger partial charge in [0.05, 0.1) is 19.6 Å². The Hall–Kier alpha value is -3.25. The Morgan fingerprint density at radius 1 is 0.897 bits per heavy atom. The Morgan fingerprint density at radius 2 is 1.54 bits per heavy atom. The van der Waals surface area contributed by atoms with Crippen LogP contribution in [0.3, 0.4) is 0 Å². The predicted octanol–water partition coefficient (Wildman–Crippen LogP) is 1.51. The molecule has 1 fully saturated rings. The topological polar surface area (TPSA) is 151 Å². The summed E-state index contributed by atoms with van der Waals surface area (Å²) in [5, 5.41) is 8.14. The third kappa shape index (κ3) is 13.9. The van der Waals surface area contributed by atoms with Gasteiger partial charge in [0, 0.05) is 56.9 Å². The van der Waals surface area contributed by atoms with Crippen LogP contribution in [0.25, 0.3) is 0 Å². The van der Waals surface area contributed by atoms with Crippen molar-refractivity contribution in [2.45, 2.75) is 52.4 Å². The molecular formula is C27H40N4O7S. The summed E-state index contributed by atoms with van der Waals surface area (Å²) in [4.78, 5) is 71.3. The van der Waals surface area contributed by atoms with Gasteiger partial charge in [0.2, 0.25) is 29.5 Å². The van der Waals surface area contributed by atoms with Crippen LogP contribution in [-0.2, 0) is 39.9 Å². The average Bonchev–Trinajstić information content (AvgIpc) is 3.15. The maximum atomic E-state index is 12.1. The lowest BCUT2D eigenvalue weighted by Gasteiger charge is -2.14. The normalized spacial score (nSPS) is 14.4. The van der Waals surface area contributed by atoms with Gasteiger partial charge in [0.15, 0.2) is 0 Å². The molecule has 0 spiro atoms. The van der Waals surface area contributed by atoms with Crippen LogP contribution in [0.15, 0.2) is 24.3 Å². The molecule has 39 heavy (non-hydrogen) atoms. The summed E-state index contributed by atoms with van der Waals surface area (Å²) in [6, 6.07) is 7.21. The first-order valence-corrected chi connectivity index (χ1v) is 13.8. The number of thiol groups is 1. The number of benzene rings is 1. The molecule has 11 nitrogen and oxygen atoms in total. The Morgan fingerprint density at radius 3 is 2.15 bits per heavy atom. The largest absolute Gasteiger partial charge is 0.379 e. The lowest BCUT2D eigenvalue weighted by atomic mass is 10.1. The predicted molar refractivity (Wildman–Crippen MR) is 150 cm³/mol. The number of hydrogen-bond acceptors (Lipinski definition) is 8. The molecule has 1 unspecified atom stereocenters. The number of rotatable bonds is 16. The zero-order chi connectivity index (χ0) is 29.2. The molecule has 12 heteroatoms. The maximum Gasteiger partial charge on any atom is 0.232 e. The van der Waals surface area contributed by atoms with Crippen LogP contribution in [0.2, 0.25) is 0 Å². The van der Waals surface area contributed by atoms with E-state index in [1.807, 2.05) is 12.1 Å². The SMILES string of the molecule is CC(=O)CCNC(=O)CCc1ccc(NC(=O)CCOCCNC(=O)CCN2C(=O)CC(C)C2=O)cc1.CS. The van der Waals surface area contributed by atoms with Crippen molar-refractivity contribution in [1.29, 1.82) is 0 Å². The van der Waals surface area contributed by atoms with Gasteiger partial charge in [-0.05, 0) is 37.3 Å². The molecule has 0 bridgehead atoms. The fourth-order valence-corrected chi connectivity index (χ4v) is 3.62. The quantitative estimate of drug-likeness (QED) is 0.135. The number of Topliss-reactive ketones (excluding diaryl/α,β-unsaturated/α-hetero) is 1. The minimum Gasteiger partial charge on any atom is -0.379 e. The minimum absolute atomic E-state index is 0.0345. The van der Waals surface area contributed by atoms with E-state index in [1.54, 1.807) is 25.3 Å². The monoisotopic (exact) mass is 564 g/mol. The van der Waals surface area contributed by atoms with Crippen LogP contribution in [-0.4, -0.2) is 79.3 Å². The summed E-state index contributed by atoms with van der Waals surface area (Å²) in [5.41, 5.74) is 1.59. The van der Waals surface area contributed by atoms with E-state index >= 15 is 0 Å². The lowest BCUT2D eigenvalue weighted by molar-refractivity contribution is -0.139. The maximum absolute atomic E-state index is 12.1. The molecule has 1 aliphatic heterocycles. The first-order valence-electron chi connectivity index (χ1n) is 12.9. The van der Waals surface area contributed by atoms with E-state index in [1.165, 1.54) is 6.92 Å². The number of imide groups is 1. The number of amides is 5. The van der Waals surface area contributed by atoms with Crippen molar-refractivity contribution < 1.29 is 33.5 Å². The summed E-state index contributed by atoms with van der Waals surface area (Å²) in [6.45, 7) is 4.28. The number of hydrogen-bond donors (Lipinski definition) is 4. The second-order valence-corrected chi connectivity index (χ2v) is 9.00. The molecule has 0 aliphatic carbocycles. The van der Waals surface area contributed by atoms with Gasteiger partial charge in [-0.3, -0.25) is 33.7 Å². The highest BCUT2D eigenvalue weighted by atomic mass is 32.1. The summed E-state index contributed by atoms with van der Waals surface area (Å²) < 4.78 is 5.38. The Bertz CT molecular complexity index is 985. The van der Waals surface area contributed by atoms with Crippen LogP contribution in [0.1, 0.15) is 51.5 Å². The molecule has 1 aromatic carbocycles. The standard InChI is InChI=1S/C26H36N4O7.CH4S/c1-18-17-25(35)30(26(18)36)14-10-23(33)28-13-16-37-15-11-24(34)29-21-6-3-20(4-7-21)5-8-22(32)27-12-9-19(2)31;1-2/h3-4,6-7,18H,5,8-17H2,1-2H3,(H,27,32)(H,28,33)(H,29,34);2H,1H3. The van der Waals surface area contributed by atoms with Gasteiger partial charge in [-0.1, -0.05) is 19.1 Å². The Balaban J connectivity index is 0.00000371. The highest BCUT2D eigenvalue weighted by Gasteiger charge is 2.35. The summed E-state index contributed by atoms with van der Waals surface area (Å²) in [5.74, 6) is -1.37. The van der Waals surface area contributed by atoms with Crippen LogP contribution < -0.4 is 16.0 Å². The lowest BCUT2D eigenvalue weighted by Crippen LogP contribution is -2.35. The van der Waals surface area contributed by atoms with Gasteiger partial charge in [-0.15, -0.1) is 0 Å². The summed E-state index contributed by atoms with van der Waals surface area (Å²) >= 11 is 3.53. The molecule has 1 aromatic rings. The Kier molecular flexibility index (Phi) is 16.4. The van der Waals surface area contributed by atoms with Gasteiger partial charge in [0.1, 0.15) is 5.78 Å². The summed E-state index contributed by atoms with van der Waals surface area (Å²) in [7, 11) is 0. The third-order valence-electron chi connectivity index (χ3n) is 5.75. The van der Waals surface area contributed by atoms with E-state index < -0.39 is 0 Å². The Labute approximate surface area is 235 Å². The summed E-state index contributed by atoms with van der Waals surface area (Å²) in [6.07, 6.45) is 3.27. The number of carbonyl (C=O) groups is 6. The van der Waals surface area contributed by atoms with E-state index in [0.29, 0.717) is 31.5 Å². The molecule has 1 saturated heterocycles. The fraction of sp³-hybridized carbons (Fsp3) is 0.556. The fourth-order valence-electron chi connectivity index (χ4n) is 3.62. The van der Waals surface area contributed by atoms with Gasteiger partial charge < -0.3 is 20.7 Å². The molecule has 5 amide bonds. The minimum atomic E-state index is -0.323. The molecule has 1 heterocycles.